The van der Waals surface area contributed by atoms with Gasteiger partial charge in [-0.1, -0.05) is 54.6 Å². The smallest absolute Gasteiger partial charge is 0.416 e. The van der Waals surface area contributed by atoms with Crippen molar-refractivity contribution in [2.75, 3.05) is 25.5 Å². The summed E-state index contributed by atoms with van der Waals surface area (Å²) in [5.41, 5.74) is 0.987. The molecule has 5 atom stereocenters. The fraction of sp³-hybridized carbons (Fsp3) is 0.297. The van der Waals surface area contributed by atoms with E-state index in [-0.39, 0.29) is 35.0 Å². The van der Waals surface area contributed by atoms with E-state index >= 15 is 0 Å². The number of anilines is 2. The summed E-state index contributed by atoms with van der Waals surface area (Å²) < 4.78 is 38.5. The van der Waals surface area contributed by atoms with Crippen LogP contribution >= 0.6 is 0 Å². The number of alkyl halides is 3. The first-order chi connectivity index (χ1) is 24.9. The summed E-state index contributed by atoms with van der Waals surface area (Å²) in [6, 6.07) is 22.1. The van der Waals surface area contributed by atoms with Crippen molar-refractivity contribution in [3.8, 4) is 0 Å². The number of aliphatic hydroxyl groups is 5. The van der Waals surface area contributed by atoms with E-state index in [1.807, 2.05) is 6.07 Å². The molecule has 1 heterocycles. The minimum atomic E-state index is -4.47. The monoisotopic (exact) mass is 745 g/mol. The van der Waals surface area contributed by atoms with E-state index in [1.165, 1.54) is 37.4 Å². The van der Waals surface area contributed by atoms with Gasteiger partial charge >= 0.3 is 18.1 Å². The van der Waals surface area contributed by atoms with Gasteiger partial charge in [-0.15, -0.1) is 0 Å². The number of likely N-dealkylation sites (N-methyl/N-ethyl adjacent to an activating group) is 1. The molecule has 1 unspecified atom stereocenters. The zero-order chi connectivity index (χ0) is 39.9. The first kappa shape index (κ1) is 43.9. The van der Waals surface area contributed by atoms with Crippen molar-refractivity contribution in [2.45, 2.75) is 50.4 Å². The molecule has 0 amide bonds. The fourth-order valence-corrected chi connectivity index (χ4v) is 4.62. The number of hydrogen-bond acceptors (Lipinski definition) is 11. The highest BCUT2D eigenvalue weighted by molar-refractivity contribution is 6.09. The minimum absolute atomic E-state index is 0.00701. The predicted octanol–water partition coefficient (Wildman–Crippen LogP) is 3.60. The molecule has 4 aromatic rings. The van der Waals surface area contributed by atoms with Crippen molar-refractivity contribution >= 4 is 29.2 Å². The van der Waals surface area contributed by atoms with Crippen LogP contribution in [0.4, 0.5) is 24.7 Å². The molecule has 0 spiro atoms. The van der Waals surface area contributed by atoms with E-state index in [1.54, 1.807) is 62.5 Å². The zero-order valence-electron chi connectivity index (χ0n) is 28.9. The summed E-state index contributed by atoms with van der Waals surface area (Å²) >= 11 is 0. The fourth-order valence-electron chi connectivity index (χ4n) is 4.62. The Hall–Kier alpha value is -5.23. The Balaban J connectivity index is 0.000000284. The molecule has 0 fully saturated rings. The standard InChI is InChI=1S/C16H14O3.C14H11F3N2O2.C7H17NO5/c1-11(16(18)19)13-8-5-9-14(10-13)15(17)12-6-3-2-4-7-12;1-8-10(14(15,16)17)5-2-6-11(8)19-12-9(13(20)21)4-3-7-18-12;1-8-2-4(10)6(12)7(13)5(11)3-9/h2-11H,1H3,(H,18,19);2-7H,1H3,(H,18,19)(H,20,21);4-13H,2-3H2,1H3/t;;4-,5+,6+,7+/m..1/s1. The van der Waals surface area contributed by atoms with Gasteiger partial charge < -0.3 is 46.4 Å². The molecule has 0 aliphatic heterocycles. The molecule has 4 rings (SSSR count). The number of aromatic nitrogens is 1. The van der Waals surface area contributed by atoms with Gasteiger partial charge in [0.2, 0.25) is 0 Å². The second-order valence-corrected chi connectivity index (χ2v) is 11.5. The van der Waals surface area contributed by atoms with Gasteiger partial charge in [0, 0.05) is 29.6 Å². The number of aromatic carboxylic acids is 1. The highest BCUT2D eigenvalue weighted by Gasteiger charge is 2.33. The third kappa shape index (κ3) is 13.0. The highest BCUT2D eigenvalue weighted by Crippen LogP contribution is 2.35. The zero-order valence-corrected chi connectivity index (χ0v) is 28.9. The molecule has 53 heavy (non-hydrogen) atoms. The molecule has 0 saturated heterocycles. The first-order valence-electron chi connectivity index (χ1n) is 16.0. The third-order valence-corrected chi connectivity index (χ3v) is 7.72. The first-order valence-corrected chi connectivity index (χ1v) is 16.0. The van der Waals surface area contributed by atoms with Crippen molar-refractivity contribution in [1.82, 2.24) is 10.3 Å². The largest absolute Gasteiger partial charge is 0.481 e. The number of nitrogens with one attached hydrogen (secondary N) is 2. The molecule has 0 aliphatic carbocycles. The summed E-state index contributed by atoms with van der Waals surface area (Å²) in [5, 5.41) is 68.2. The van der Waals surface area contributed by atoms with E-state index in [2.05, 4.69) is 15.6 Å². The maximum Gasteiger partial charge on any atom is 0.416 e. The number of hydrogen-bond donors (Lipinski definition) is 9. The second kappa shape index (κ2) is 20.7. The van der Waals surface area contributed by atoms with Crippen LogP contribution < -0.4 is 10.6 Å². The van der Waals surface area contributed by atoms with E-state index in [9.17, 15) is 32.7 Å². The molecule has 13 nitrogen and oxygen atoms in total. The van der Waals surface area contributed by atoms with Crippen molar-refractivity contribution < 1.29 is 63.3 Å². The molecule has 0 radical (unpaired) electrons. The van der Waals surface area contributed by atoms with Crippen molar-refractivity contribution in [2.24, 2.45) is 0 Å². The van der Waals surface area contributed by atoms with Gasteiger partial charge in [0.15, 0.2) is 5.78 Å². The number of rotatable bonds is 13. The molecular formula is C37H42F3N3O10. The van der Waals surface area contributed by atoms with Crippen LogP contribution in [-0.2, 0) is 11.0 Å². The number of halogens is 3. The molecule has 0 saturated carbocycles. The van der Waals surface area contributed by atoms with Gasteiger partial charge in [-0.3, -0.25) is 9.59 Å². The Labute approximate surface area is 303 Å². The maximum atomic E-state index is 12.8. The normalized spacial score (nSPS) is 13.8. The van der Waals surface area contributed by atoms with Gasteiger partial charge in [-0.2, -0.15) is 13.2 Å². The quantitative estimate of drug-likeness (QED) is 0.0893. The van der Waals surface area contributed by atoms with E-state index < -0.39 is 60.6 Å². The topological polar surface area (TPSA) is 230 Å². The Morgan fingerprint density at radius 3 is 1.98 bits per heavy atom. The molecule has 0 bridgehead atoms. The van der Waals surface area contributed by atoms with Gasteiger partial charge in [0.05, 0.1) is 24.2 Å². The summed E-state index contributed by atoms with van der Waals surface area (Å²) in [6.45, 7) is 2.35. The van der Waals surface area contributed by atoms with Crippen LogP contribution in [-0.4, -0.2) is 103 Å². The van der Waals surface area contributed by atoms with Gasteiger partial charge in [-0.05, 0) is 62.4 Å². The maximum absolute atomic E-state index is 12.8. The van der Waals surface area contributed by atoms with Gasteiger partial charge in [-0.25, -0.2) is 9.78 Å². The summed E-state index contributed by atoms with van der Waals surface area (Å²) in [4.78, 5) is 38.1. The van der Waals surface area contributed by atoms with Crippen LogP contribution in [0.3, 0.4) is 0 Å². The van der Waals surface area contributed by atoms with E-state index in [4.69, 9.17) is 30.6 Å². The third-order valence-electron chi connectivity index (χ3n) is 7.72. The highest BCUT2D eigenvalue weighted by atomic mass is 19.4. The summed E-state index contributed by atoms with van der Waals surface area (Å²) in [5.74, 6) is -2.84. The SMILES string of the molecule is CC(C(=O)O)c1cccc(C(=O)c2ccccc2)c1.CNC[C@@H](O)[C@H](O)[C@@H](O)[C@@H](O)CO.Cc1c(Nc2ncccc2C(=O)O)cccc1C(F)(F)F. The second-order valence-electron chi connectivity index (χ2n) is 11.5. The van der Waals surface area contributed by atoms with Gasteiger partial charge in [0.1, 0.15) is 29.7 Å². The molecule has 1 aromatic heterocycles. The Kier molecular flexibility index (Phi) is 17.2. The summed E-state index contributed by atoms with van der Waals surface area (Å²) in [6.07, 6.45) is -8.76. The molecule has 3 aromatic carbocycles. The minimum Gasteiger partial charge on any atom is -0.481 e. The molecule has 0 aliphatic rings. The lowest BCUT2D eigenvalue weighted by molar-refractivity contribution is -0.139. The van der Waals surface area contributed by atoms with Crippen LogP contribution in [0.15, 0.2) is 91.1 Å². The van der Waals surface area contributed by atoms with Crippen LogP contribution in [0.1, 0.15) is 55.8 Å². The molecule has 16 heteroatoms. The lowest BCUT2D eigenvalue weighted by Crippen LogP contribution is -2.48. The van der Waals surface area contributed by atoms with E-state index in [0.717, 1.165) is 6.07 Å². The van der Waals surface area contributed by atoms with Crippen LogP contribution in [0.5, 0.6) is 0 Å². The van der Waals surface area contributed by atoms with Crippen molar-refractivity contribution in [3.05, 3.63) is 125 Å². The van der Waals surface area contributed by atoms with Crippen molar-refractivity contribution in [1.29, 1.82) is 0 Å². The number of carboxylic acids is 2. The van der Waals surface area contributed by atoms with Crippen molar-refractivity contribution in [3.63, 3.8) is 0 Å². The Morgan fingerprint density at radius 2 is 1.42 bits per heavy atom. The number of carbonyl (C=O) groups excluding carboxylic acids is 1. The average molecular weight is 746 g/mol. The van der Waals surface area contributed by atoms with E-state index in [0.29, 0.717) is 16.7 Å². The summed E-state index contributed by atoms with van der Waals surface area (Å²) in [7, 11) is 1.57. The lowest BCUT2D eigenvalue weighted by atomic mass is 9.96. The Morgan fingerprint density at radius 1 is 0.811 bits per heavy atom. The number of ketones is 1. The van der Waals surface area contributed by atoms with Crippen LogP contribution in [0, 0.1) is 6.92 Å². The lowest BCUT2D eigenvalue weighted by Gasteiger charge is -2.25. The Bertz CT molecular complexity index is 1790. The predicted molar refractivity (Wildman–Crippen MR) is 188 cm³/mol. The number of carboxylic acid groups (broad SMARTS) is 2. The number of aliphatic hydroxyl groups excluding tert-OH is 5. The molecular weight excluding hydrogens is 703 g/mol. The number of benzene rings is 3. The van der Waals surface area contributed by atoms with Crippen LogP contribution in [0.2, 0.25) is 0 Å². The van der Waals surface area contributed by atoms with Crippen LogP contribution in [0.25, 0.3) is 0 Å². The van der Waals surface area contributed by atoms with Gasteiger partial charge in [0.25, 0.3) is 0 Å². The number of aliphatic carboxylic acids is 1. The number of nitrogens with zero attached hydrogens (tertiary/aromatic N) is 1. The number of carbonyl (C=O) groups is 3. The molecule has 9 N–H and O–H groups in total. The number of pyridine rings is 1. The average Bonchev–Trinajstić information content (AvgIpc) is 3.14. The molecule has 286 valence electrons.